The van der Waals surface area contributed by atoms with Crippen molar-refractivity contribution < 1.29 is 4.39 Å². The molecule has 4 rings (SSSR count). The molecule has 4 aromatic rings. The van der Waals surface area contributed by atoms with Crippen molar-refractivity contribution in [3.63, 3.8) is 0 Å². The smallest absolute Gasteiger partial charge is 0.123 e. The van der Waals surface area contributed by atoms with Crippen molar-refractivity contribution >= 4 is 11.6 Å². The summed E-state index contributed by atoms with van der Waals surface area (Å²) < 4.78 is 13.3. The van der Waals surface area contributed by atoms with Crippen LogP contribution in [0.1, 0.15) is 0 Å². The lowest BCUT2D eigenvalue weighted by atomic mass is 9.93. The summed E-state index contributed by atoms with van der Waals surface area (Å²) in [6, 6.07) is 30.9. The van der Waals surface area contributed by atoms with E-state index in [2.05, 4.69) is 36.4 Å². The standard InChI is InChI=1S/C24H16ClF/c25-23-8-4-7-22(19-13-15-21(26)16-14-19)24(23)20-11-9-18(10-12-20)17-5-2-1-3-6-17/h1-16H. The fraction of sp³-hybridized carbons (Fsp3) is 0. The second-order valence-electron chi connectivity index (χ2n) is 6.11. The van der Waals surface area contributed by atoms with Gasteiger partial charge >= 0.3 is 0 Å². The van der Waals surface area contributed by atoms with E-state index in [1.807, 2.05) is 36.4 Å². The van der Waals surface area contributed by atoms with Gasteiger partial charge in [0.1, 0.15) is 5.82 Å². The maximum Gasteiger partial charge on any atom is 0.123 e. The molecule has 26 heavy (non-hydrogen) atoms. The van der Waals surface area contributed by atoms with Crippen LogP contribution in [0.4, 0.5) is 4.39 Å². The molecule has 0 aromatic heterocycles. The maximum absolute atomic E-state index is 13.3. The van der Waals surface area contributed by atoms with Gasteiger partial charge in [0.2, 0.25) is 0 Å². The third-order valence-corrected chi connectivity index (χ3v) is 4.76. The molecule has 0 nitrogen and oxygen atoms in total. The van der Waals surface area contributed by atoms with E-state index >= 15 is 0 Å². The van der Waals surface area contributed by atoms with Crippen molar-refractivity contribution in [2.24, 2.45) is 0 Å². The Bertz CT molecular complexity index is 1020. The van der Waals surface area contributed by atoms with Gasteiger partial charge in [-0.1, -0.05) is 90.5 Å². The Balaban J connectivity index is 1.79. The minimum atomic E-state index is -0.246. The van der Waals surface area contributed by atoms with Crippen LogP contribution >= 0.6 is 11.6 Å². The summed E-state index contributed by atoms with van der Waals surface area (Å²) in [4.78, 5) is 0. The zero-order valence-corrected chi connectivity index (χ0v) is 14.7. The summed E-state index contributed by atoms with van der Waals surface area (Å²) in [6.07, 6.45) is 0. The van der Waals surface area contributed by atoms with Crippen LogP contribution in [0.3, 0.4) is 0 Å². The third-order valence-electron chi connectivity index (χ3n) is 4.45. The van der Waals surface area contributed by atoms with E-state index in [1.165, 1.54) is 17.7 Å². The SMILES string of the molecule is Fc1ccc(-c2cccc(Cl)c2-c2ccc(-c3ccccc3)cc2)cc1. The average molecular weight is 359 g/mol. The first-order valence-electron chi connectivity index (χ1n) is 8.43. The molecule has 0 heterocycles. The minimum Gasteiger partial charge on any atom is -0.207 e. The highest BCUT2D eigenvalue weighted by Crippen LogP contribution is 2.38. The lowest BCUT2D eigenvalue weighted by Crippen LogP contribution is -1.88. The molecule has 0 radical (unpaired) electrons. The molecule has 4 aromatic carbocycles. The molecule has 0 fully saturated rings. The molecule has 0 atom stereocenters. The summed E-state index contributed by atoms with van der Waals surface area (Å²) in [7, 11) is 0. The minimum absolute atomic E-state index is 0.246. The lowest BCUT2D eigenvalue weighted by molar-refractivity contribution is 0.628. The van der Waals surface area contributed by atoms with Crippen molar-refractivity contribution in [2.45, 2.75) is 0 Å². The van der Waals surface area contributed by atoms with E-state index in [-0.39, 0.29) is 5.82 Å². The summed E-state index contributed by atoms with van der Waals surface area (Å²) >= 11 is 6.53. The Hall–Kier alpha value is -2.90. The van der Waals surface area contributed by atoms with Crippen LogP contribution in [-0.4, -0.2) is 0 Å². The second kappa shape index (κ2) is 7.15. The molecule has 0 aliphatic rings. The Kier molecular flexibility index (Phi) is 4.55. The van der Waals surface area contributed by atoms with Gasteiger partial charge in [0.05, 0.1) is 0 Å². The van der Waals surface area contributed by atoms with Crippen LogP contribution in [0.2, 0.25) is 5.02 Å². The second-order valence-corrected chi connectivity index (χ2v) is 6.52. The molecule has 0 saturated carbocycles. The highest BCUT2D eigenvalue weighted by molar-refractivity contribution is 6.34. The first-order valence-corrected chi connectivity index (χ1v) is 8.80. The van der Waals surface area contributed by atoms with Crippen LogP contribution < -0.4 is 0 Å². The molecule has 0 N–H and O–H groups in total. The summed E-state index contributed by atoms with van der Waals surface area (Å²) in [6.45, 7) is 0. The number of hydrogen-bond donors (Lipinski definition) is 0. The number of halogens is 2. The average Bonchev–Trinajstić information content (AvgIpc) is 2.69. The quantitative estimate of drug-likeness (QED) is 0.356. The third kappa shape index (κ3) is 3.26. The normalized spacial score (nSPS) is 10.7. The molecule has 0 unspecified atom stereocenters. The Morgan fingerprint density at radius 3 is 1.77 bits per heavy atom. The van der Waals surface area contributed by atoms with Crippen molar-refractivity contribution in [1.82, 2.24) is 0 Å². The van der Waals surface area contributed by atoms with Crippen LogP contribution in [0.5, 0.6) is 0 Å². The Morgan fingerprint density at radius 2 is 1.08 bits per heavy atom. The van der Waals surface area contributed by atoms with E-state index < -0.39 is 0 Å². The Labute approximate surface area is 157 Å². The van der Waals surface area contributed by atoms with Crippen LogP contribution in [0, 0.1) is 5.82 Å². The molecule has 0 bridgehead atoms. The predicted octanol–water partition coefficient (Wildman–Crippen LogP) is 7.48. The highest BCUT2D eigenvalue weighted by atomic mass is 35.5. The maximum atomic E-state index is 13.3. The molecule has 2 heteroatoms. The van der Waals surface area contributed by atoms with Crippen molar-refractivity contribution in [3.8, 4) is 33.4 Å². The molecule has 0 amide bonds. The molecule has 0 aliphatic carbocycles. The van der Waals surface area contributed by atoms with Crippen molar-refractivity contribution in [1.29, 1.82) is 0 Å². The molecular formula is C24H16ClF. The fourth-order valence-corrected chi connectivity index (χ4v) is 3.43. The Morgan fingerprint density at radius 1 is 0.500 bits per heavy atom. The summed E-state index contributed by atoms with van der Waals surface area (Å²) in [5.74, 6) is -0.246. The summed E-state index contributed by atoms with van der Waals surface area (Å²) in [5.41, 5.74) is 6.26. The number of rotatable bonds is 3. The monoisotopic (exact) mass is 358 g/mol. The van der Waals surface area contributed by atoms with Crippen molar-refractivity contribution in [3.05, 3.63) is 108 Å². The zero-order chi connectivity index (χ0) is 17.9. The van der Waals surface area contributed by atoms with Gasteiger partial charge in [-0.25, -0.2) is 4.39 Å². The van der Waals surface area contributed by atoms with Gasteiger partial charge in [-0.05, 0) is 46.0 Å². The van der Waals surface area contributed by atoms with Crippen molar-refractivity contribution in [2.75, 3.05) is 0 Å². The number of hydrogen-bond acceptors (Lipinski definition) is 0. The molecule has 0 aliphatic heterocycles. The first-order chi connectivity index (χ1) is 12.7. The van der Waals surface area contributed by atoms with E-state index in [4.69, 9.17) is 11.6 Å². The van der Waals surface area contributed by atoms with Gasteiger partial charge in [-0.3, -0.25) is 0 Å². The molecule has 126 valence electrons. The van der Waals surface area contributed by atoms with Crippen LogP contribution in [0.25, 0.3) is 33.4 Å². The summed E-state index contributed by atoms with van der Waals surface area (Å²) in [5, 5.41) is 0.680. The topological polar surface area (TPSA) is 0 Å². The molecular weight excluding hydrogens is 343 g/mol. The lowest BCUT2D eigenvalue weighted by Gasteiger charge is -2.13. The van der Waals surface area contributed by atoms with Crippen LogP contribution in [0.15, 0.2) is 97.1 Å². The molecule has 0 spiro atoms. The highest BCUT2D eigenvalue weighted by Gasteiger charge is 2.11. The van der Waals surface area contributed by atoms with Gasteiger partial charge in [-0.2, -0.15) is 0 Å². The van der Waals surface area contributed by atoms with E-state index in [9.17, 15) is 4.39 Å². The fourth-order valence-electron chi connectivity index (χ4n) is 3.15. The van der Waals surface area contributed by atoms with E-state index in [0.29, 0.717) is 5.02 Å². The van der Waals surface area contributed by atoms with E-state index in [1.54, 1.807) is 12.1 Å². The van der Waals surface area contributed by atoms with Gasteiger partial charge in [-0.15, -0.1) is 0 Å². The van der Waals surface area contributed by atoms with E-state index in [0.717, 1.165) is 27.8 Å². The van der Waals surface area contributed by atoms with Crippen LogP contribution in [-0.2, 0) is 0 Å². The van der Waals surface area contributed by atoms with Gasteiger partial charge in [0.25, 0.3) is 0 Å². The van der Waals surface area contributed by atoms with Gasteiger partial charge < -0.3 is 0 Å². The first kappa shape index (κ1) is 16.6. The zero-order valence-electron chi connectivity index (χ0n) is 14.0. The largest absolute Gasteiger partial charge is 0.207 e. The molecule has 0 saturated heterocycles. The van der Waals surface area contributed by atoms with Gasteiger partial charge in [0.15, 0.2) is 0 Å². The predicted molar refractivity (Wildman–Crippen MR) is 108 cm³/mol. The van der Waals surface area contributed by atoms with Gasteiger partial charge in [0, 0.05) is 10.6 Å². The number of benzene rings is 4.